The van der Waals surface area contributed by atoms with Gasteiger partial charge in [-0.05, 0) is 48.2 Å². The van der Waals surface area contributed by atoms with Crippen LogP contribution in [0.5, 0.6) is 0 Å². The zero-order valence-electron chi connectivity index (χ0n) is 20.7. The van der Waals surface area contributed by atoms with Crippen LogP contribution >= 0.6 is 34.9 Å². The molecule has 2 saturated heterocycles. The topological polar surface area (TPSA) is 72.9 Å². The largest absolute Gasteiger partial charge is 0.450 e. The fraction of sp³-hybridized carbons (Fsp3) is 0.321. The first-order valence-corrected chi connectivity index (χ1v) is 14.4. The molecule has 3 heterocycles. The molecule has 37 heavy (non-hydrogen) atoms. The third kappa shape index (κ3) is 4.52. The van der Waals surface area contributed by atoms with Crippen LogP contribution in [0.4, 0.5) is 0 Å². The minimum Gasteiger partial charge on any atom is -0.450 e. The maximum Gasteiger partial charge on any atom is 0.345 e. The van der Waals surface area contributed by atoms with E-state index < -0.39 is 27.8 Å². The second-order valence-electron chi connectivity index (χ2n) is 9.36. The van der Waals surface area contributed by atoms with Crippen molar-refractivity contribution in [1.82, 2.24) is 4.90 Å². The van der Waals surface area contributed by atoms with Crippen LogP contribution in [0, 0.1) is 0 Å². The van der Waals surface area contributed by atoms with Crippen LogP contribution in [0.25, 0.3) is 0 Å². The minimum absolute atomic E-state index is 0.166. The molecule has 3 aromatic rings. The van der Waals surface area contributed by atoms with E-state index in [9.17, 15) is 14.4 Å². The number of esters is 1. The summed E-state index contributed by atoms with van der Waals surface area (Å²) in [7, 11) is 1.49. The molecular weight excluding hydrogens is 527 g/mol. The van der Waals surface area contributed by atoms with Crippen LogP contribution in [-0.4, -0.2) is 50.1 Å². The molecule has 0 aliphatic carbocycles. The Morgan fingerprint density at radius 3 is 2.16 bits per heavy atom. The van der Waals surface area contributed by atoms with E-state index in [0.29, 0.717) is 0 Å². The minimum atomic E-state index is -1.55. The van der Waals surface area contributed by atoms with E-state index in [1.54, 1.807) is 0 Å². The predicted molar refractivity (Wildman–Crippen MR) is 147 cm³/mol. The number of thiophene rings is 1. The Hall–Kier alpha value is -2.59. The Balaban J connectivity index is 1.54. The van der Waals surface area contributed by atoms with Crippen molar-refractivity contribution in [1.29, 1.82) is 0 Å². The lowest BCUT2D eigenvalue weighted by atomic mass is 9.95. The summed E-state index contributed by atoms with van der Waals surface area (Å²) in [5.41, 5.74) is 1.61. The number of nitrogens with zero attached hydrogens (tertiary/aromatic N) is 1. The van der Waals surface area contributed by atoms with E-state index >= 15 is 0 Å². The van der Waals surface area contributed by atoms with Crippen molar-refractivity contribution < 1.29 is 23.9 Å². The van der Waals surface area contributed by atoms with Gasteiger partial charge in [0.15, 0.2) is 17.3 Å². The molecule has 0 unspecified atom stereocenters. The third-order valence-electron chi connectivity index (χ3n) is 6.69. The summed E-state index contributed by atoms with van der Waals surface area (Å²) in [4.78, 5) is 41.9. The third-order valence-corrected chi connectivity index (χ3v) is 10.8. The van der Waals surface area contributed by atoms with Crippen molar-refractivity contribution in [3.63, 3.8) is 0 Å². The van der Waals surface area contributed by atoms with E-state index in [-0.39, 0.29) is 22.8 Å². The molecule has 0 radical (unpaired) electrons. The molecule has 9 heteroatoms. The predicted octanol–water partition coefficient (Wildman–Crippen LogP) is 5.29. The molecule has 0 bridgehead atoms. The normalized spacial score (nSPS) is 24.0. The van der Waals surface area contributed by atoms with Crippen LogP contribution < -0.4 is 0 Å². The van der Waals surface area contributed by atoms with Gasteiger partial charge >= 0.3 is 5.97 Å². The van der Waals surface area contributed by atoms with Gasteiger partial charge in [0.25, 0.3) is 5.91 Å². The summed E-state index contributed by atoms with van der Waals surface area (Å²) in [6.07, 6.45) is -1.19. The van der Waals surface area contributed by atoms with E-state index in [4.69, 9.17) is 9.47 Å². The van der Waals surface area contributed by atoms with Gasteiger partial charge in [0, 0.05) is 12.0 Å². The number of carbonyl (C=O) groups excluding carboxylic acids is 3. The smallest absolute Gasteiger partial charge is 0.345 e. The first-order valence-electron chi connectivity index (χ1n) is 11.9. The van der Waals surface area contributed by atoms with E-state index in [1.807, 2.05) is 92.0 Å². The van der Waals surface area contributed by atoms with Crippen molar-refractivity contribution in [2.45, 2.75) is 47.5 Å². The van der Waals surface area contributed by atoms with Gasteiger partial charge in [0.2, 0.25) is 4.87 Å². The van der Waals surface area contributed by atoms with Gasteiger partial charge in [-0.15, -0.1) is 23.1 Å². The van der Waals surface area contributed by atoms with Crippen LogP contribution in [0.15, 0.2) is 78.2 Å². The molecule has 2 fully saturated rings. The van der Waals surface area contributed by atoms with Crippen molar-refractivity contribution in [2.24, 2.45) is 0 Å². The van der Waals surface area contributed by atoms with Crippen molar-refractivity contribution >= 4 is 51.9 Å². The van der Waals surface area contributed by atoms with Gasteiger partial charge in [-0.2, -0.15) is 0 Å². The molecule has 2 aromatic carbocycles. The van der Waals surface area contributed by atoms with E-state index in [0.717, 1.165) is 27.8 Å². The van der Waals surface area contributed by atoms with Crippen molar-refractivity contribution in [3.05, 3.63) is 94.2 Å². The standard InChI is InChI=1S/C28H27NO5S3/c1-27(2)28(29-24(31)23(33-3)25(29)37-27,36-21(30)17-20-15-10-16-35-20)26(32)34-22(18-11-6-4-7-12-18)19-13-8-5-9-14-19/h4-16,22-23,25H,17H2,1-3H3/t23-,25+,28+/m0/s1. The number of β-lactam (4-membered cyclic amide) rings is 1. The maximum absolute atomic E-state index is 14.4. The molecule has 2 aliphatic heterocycles. The van der Waals surface area contributed by atoms with Gasteiger partial charge in [-0.3, -0.25) is 14.5 Å². The summed E-state index contributed by atoms with van der Waals surface area (Å²) < 4.78 is 10.9. The number of fused-ring (bicyclic) bond motifs is 1. The molecule has 2 aliphatic rings. The lowest BCUT2D eigenvalue weighted by Gasteiger charge is -2.49. The molecule has 5 rings (SSSR count). The first-order chi connectivity index (χ1) is 17.8. The molecule has 0 N–H and O–H groups in total. The number of methoxy groups -OCH3 is 1. The Morgan fingerprint density at radius 1 is 1.00 bits per heavy atom. The number of hydrogen-bond acceptors (Lipinski definition) is 8. The zero-order valence-corrected chi connectivity index (χ0v) is 23.1. The molecular formula is C28H27NO5S3. The Morgan fingerprint density at radius 2 is 1.62 bits per heavy atom. The van der Waals surface area contributed by atoms with Gasteiger partial charge in [0.1, 0.15) is 5.37 Å². The quantitative estimate of drug-likeness (QED) is 0.277. The summed E-state index contributed by atoms with van der Waals surface area (Å²) in [5, 5.41) is 1.34. The second kappa shape index (κ2) is 10.3. The Labute approximate surface area is 228 Å². The van der Waals surface area contributed by atoms with Gasteiger partial charge in [-0.25, -0.2) is 4.79 Å². The van der Waals surface area contributed by atoms with Crippen LogP contribution in [0.2, 0.25) is 0 Å². The van der Waals surface area contributed by atoms with Gasteiger partial charge < -0.3 is 9.47 Å². The number of thioether (sulfide) groups is 2. The first kappa shape index (κ1) is 26.0. The van der Waals surface area contributed by atoms with Gasteiger partial charge in [0.05, 0.1) is 11.2 Å². The molecule has 3 atom stereocenters. The van der Waals surface area contributed by atoms with Gasteiger partial charge in [-0.1, -0.05) is 66.7 Å². The Bertz CT molecular complexity index is 1240. The zero-order chi connectivity index (χ0) is 26.2. The molecule has 0 saturated carbocycles. The van der Waals surface area contributed by atoms with Crippen LogP contribution in [0.3, 0.4) is 0 Å². The van der Waals surface area contributed by atoms with Crippen LogP contribution in [-0.2, 0) is 30.3 Å². The number of carbonyl (C=O) groups is 3. The summed E-state index contributed by atoms with van der Waals surface area (Å²) in [6.45, 7) is 3.78. The SMILES string of the molecule is CO[C@H]1C(=O)N2[C@@H]1SC(C)(C)[C@]2(SC(=O)Cc1cccs1)C(=O)OC(c1ccccc1)c1ccccc1. The number of hydrogen-bond donors (Lipinski definition) is 0. The number of ether oxygens (including phenoxy) is 2. The average Bonchev–Trinajstić information content (AvgIpc) is 3.46. The summed E-state index contributed by atoms with van der Waals surface area (Å²) in [5.74, 6) is -0.924. The fourth-order valence-corrected chi connectivity index (χ4v) is 8.89. The number of rotatable bonds is 8. The summed E-state index contributed by atoms with van der Waals surface area (Å²) in [6, 6.07) is 22.8. The fourth-order valence-electron chi connectivity index (χ4n) is 4.86. The molecule has 1 aromatic heterocycles. The molecule has 1 amide bonds. The number of amides is 1. The lowest BCUT2D eigenvalue weighted by Crippen LogP contribution is -2.71. The maximum atomic E-state index is 14.4. The summed E-state index contributed by atoms with van der Waals surface area (Å²) >= 11 is 3.85. The van der Waals surface area contributed by atoms with Crippen molar-refractivity contribution in [3.8, 4) is 0 Å². The lowest BCUT2D eigenvalue weighted by molar-refractivity contribution is -0.179. The number of benzene rings is 2. The Kier molecular flexibility index (Phi) is 7.24. The average molecular weight is 554 g/mol. The second-order valence-corrected chi connectivity index (χ2v) is 13.4. The highest BCUT2D eigenvalue weighted by molar-refractivity contribution is 8.16. The van der Waals surface area contributed by atoms with Crippen LogP contribution in [0.1, 0.15) is 36.0 Å². The highest BCUT2D eigenvalue weighted by Gasteiger charge is 2.74. The highest BCUT2D eigenvalue weighted by atomic mass is 32.2. The highest BCUT2D eigenvalue weighted by Crippen LogP contribution is 2.62. The molecule has 192 valence electrons. The van der Waals surface area contributed by atoms with E-state index in [2.05, 4.69) is 0 Å². The monoisotopic (exact) mass is 553 g/mol. The molecule has 0 spiro atoms. The molecule has 6 nitrogen and oxygen atoms in total. The van der Waals surface area contributed by atoms with Crippen molar-refractivity contribution in [2.75, 3.05) is 7.11 Å². The van der Waals surface area contributed by atoms with E-state index in [1.165, 1.54) is 35.1 Å².